The standard InChI is InChI=1S/C12H14N2O3/c1-2-17-6-5-9-3-4-11-13-7-10(12(15)16)14(11)8-9/h3-4,7-8H,2,5-6H2,1H3,(H,15,16). The summed E-state index contributed by atoms with van der Waals surface area (Å²) in [5, 5.41) is 8.99. The summed E-state index contributed by atoms with van der Waals surface area (Å²) in [7, 11) is 0. The van der Waals surface area contributed by atoms with Crippen LogP contribution in [0.1, 0.15) is 23.0 Å². The van der Waals surface area contributed by atoms with Crippen LogP contribution in [0.2, 0.25) is 0 Å². The Hall–Kier alpha value is -1.88. The number of pyridine rings is 1. The number of ether oxygens (including phenoxy) is 1. The van der Waals surface area contributed by atoms with Crippen LogP contribution in [0.3, 0.4) is 0 Å². The summed E-state index contributed by atoms with van der Waals surface area (Å²) >= 11 is 0. The molecule has 2 aromatic heterocycles. The monoisotopic (exact) mass is 234 g/mol. The van der Waals surface area contributed by atoms with Crippen molar-refractivity contribution < 1.29 is 14.6 Å². The van der Waals surface area contributed by atoms with Gasteiger partial charge in [0.2, 0.25) is 0 Å². The average molecular weight is 234 g/mol. The van der Waals surface area contributed by atoms with Gasteiger partial charge < -0.3 is 9.84 Å². The number of imidazole rings is 1. The van der Waals surface area contributed by atoms with Gasteiger partial charge in [0.1, 0.15) is 5.65 Å². The Balaban J connectivity index is 2.28. The van der Waals surface area contributed by atoms with Gasteiger partial charge in [-0.3, -0.25) is 4.40 Å². The number of hydrogen-bond donors (Lipinski definition) is 1. The van der Waals surface area contributed by atoms with Gasteiger partial charge in [-0.2, -0.15) is 0 Å². The minimum atomic E-state index is -0.973. The zero-order valence-corrected chi connectivity index (χ0v) is 9.59. The molecule has 0 fully saturated rings. The number of rotatable bonds is 5. The zero-order valence-electron chi connectivity index (χ0n) is 9.59. The lowest BCUT2D eigenvalue weighted by Gasteiger charge is -2.03. The molecule has 2 aromatic rings. The first-order valence-electron chi connectivity index (χ1n) is 5.49. The quantitative estimate of drug-likeness (QED) is 0.798. The van der Waals surface area contributed by atoms with Gasteiger partial charge in [-0.25, -0.2) is 9.78 Å². The van der Waals surface area contributed by atoms with E-state index in [1.54, 1.807) is 10.6 Å². The molecular formula is C12H14N2O3. The van der Waals surface area contributed by atoms with Crippen molar-refractivity contribution >= 4 is 11.6 Å². The van der Waals surface area contributed by atoms with Crippen molar-refractivity contribution in [3.05, 3.63) is 35.8 Å². The molecule has 1 N–H and O–H groups in total. The Morgan fingerprint density at radius 2 is 2.35 bits per heavy atom. The molecule has 0 aliphatic rings. The van der Waals surface area contributed by atoms with Gasteiger partial charge in [0.25, 0.3) is 0 Å². The smallest absolute Gasteiger partial charge is 0.354 e. The molecule has 5 nitrogen and oxygen atoms in total. The molecule has 0 spiro atoms. The molecular weight excluding hydrogens is 220 g/mol. The third kappa shape index (κ3) is 2.45. The first kappa shape index (κ1) is 11.6. The second-order valence-electron chi connectivity index (χ2n) is 3.66. The minimum absolute atomic E-state index is 0.179. The van der Waals surface area contributed by atoms with E-state index in [-0.39, 0.29) is 5.69 Å². The van der Waals surface area contributed by atoms with Gasteiger partial charge in [-0.1, -0.05) is 6.07 Å². The molecule has 0 saturated heterocycles. The average Bonchev–Trinajstić information content (AvgIpc) is 2.72. The molecule has 0 aliphatic heterocycles. The van der Waals surface area contributed by atoms with E-state index < -0.39 is 5.97 Å². The van der Waals surface area contributed by atoms with Crippen LogP contribution in [-0.2, 0) is 11.2 Å². The fourth-order valence-electron chi connectivity index (χ4n) is 1.67. The summed E-state index contributed by atoms with van der Waals surface area (Å²) in [6.07, 6.45) is 3.93. The van der Waals surface area contributed by atoms with Crippen LogP contribution in [0.15, 0.2) is 24.5 Å². The maximum absolute atomic E-state index is 11.0. The topological polar surface area (TPSA) is 63.8 Å². The van der Waals surface area contributed by atoms with Crippen molar-refractivity contribution in [1.29, 1.82) is 0 Å². The van der Waals surface area contributed by atoms with Crippen LogP contribution >= 0.6 is 0 Å². The summed E-state index contributed by atoms with van der Waals surface area (Å²) in [5.74, 6) is -0.973. The number of carboxylic acids is 1. The number of fused-ring (bicyclic) bond motifs is 1. The highest BCUT2D eigenvalue weighted by atomic mass is 16.5. The Kier molecular flexibility index (Phi) is 3.39. The number of carboxylic acid groups (broad SMARTS) is 1. The van der Waals surface area contributed by atoms with Gasteiger partial charge >= 0.3 is 5.97 Å². The largest absolute Gasteiger partial charge is 0.477 e. The maximum Gasteiger partial charge on any atom is 0.354 e. The zero-order chi connectivity index (χ0) is 12.3. The van der Waals surface area contributed by atoms with E-state index in [1.807, 2.05) is 19.1 Å². The first-order chi connectivity index (χ1) is 8.22. The number of aromatic nitrogens is 2. The van der Waals surface area contributed by atoms with Crippen molar-refractivity contribution in [2.24, 2.45) is 0 Å². The summed E-state index contributed by atoms with van der Waals surface area (Å²) in [6, 6.07) is 3.75. The van der Waals surface area contributed by atoms with Crippen molar-refractivity contribution in [3.63, 3.8) is 0 Å². The number of carbonyl (C=O) groups is 1. The Bertz CT molecular complexity index is 534. The molecule has 0 saturated carbocycles. The van der Waals surface area contributed by atoms with Crippen LogP contribution in [0, 0.1) is 0 Å². The highest BCUT2D eigenvalue weighted by Crippen LogP contribution is 2.10. The van der Waals surface area contributed by atoms with Gasteiger partial charge in [0.05, 0.1) is 12.8 Å². The van der Waals surface area contributed by atoms with Crippen molar-refractivity contribution in [2.75, 3.05) is 13.2 Å². The minimum Gasteiger partial charge on any atom is -0.477 e. The molecule has 5 heteroatoms. The lowest BCUT2D eigenvalue weighted by Crippen LogP contribution is -2.03. The summed E-state index contributed by atoms with van der Waals surface area (Å²) in [6.45, 7) is 3.27. The Morgan fingerprint density at radius 1 is 1.53 bits per heavy atom. The molecule has 0 bridgehead atoms. The first-order valence-corrected chi connectivity index (χ1v) is 5.49. The number of hydrogen-bond acceptors (Lipinski definition) is 3. The van der Waals surface area contributed by atoms with Gasteiger partial charge in [0, 0.05) is 12.8 Å². The molecule has 0 aliphatic carbocycles. The highest BCUT2D eigenvalue weighted by molar-refractivity contribution is 5.86. The summed E-state index contributed by atoms with van der Waals surface area (Å²) in [4.78, 5) is 15.0. The SMILES string of the molecule is CCOCCc1ccc2ncc(C(=O)O)n2c1. The predicted octanol–water partition coefficient (Wildman–Crippen LogP) is 1.61. The van der Waals surface area contributed by atoms with E-state index >= 15 is 0 Å². The van der Waals surface area contributed by atoms with Gasteiger partial charge in [-0.05, 0) is 25.0 Å². The van der Waals surface area contributed by atoms with E-state index in [0.717, 1.165) is 12.0 Å². The van der Waals surface area contributed by atoms with E-state index in [4.69, 9.17) is 9.84 Å². The summed E-state index contributed by atoms with van der Waals surface area (Å²) < 4.78 is 6.85. The normalized spacial score (nSPS) is 10.9. The molecule has 2 rings (SSSR count). The maximum atomic E-state index is 11.0. The van der Waals surface area contributed by atoms with E-state index in [2.05, 4.69) is 4.98 Å². The Morgan fingerprint density at radius 3 is 3.06 bits per heavy atom. The molecule has 0 amide bonds. The van der Waals surface area contributed by atoms with Crippen LogP contribution in [0.25, 0.3) is 5.65 Å². The molecule has 0 radical (unpaired) electrons. The molecule has 90 valence electrons. The number of nitrogens with zero attached hydrogens (tertiary/aromatic N) is 2. The van der Waals surface area contributed by atoms with E-state index in [0.29, 0.717) is 18.9 Å². The predicted molar refractivity (Wildman–Crippen MR) is 62.3 cm³/mol. The lowest BCUT2D eigenvalue weighted by molar-refractivity contribution is 0.0689. The van der Waals surface area contributed by atoms with E-state index in [1.165, 1.54) is 6.20 Å². The second kappa shape index (κ2) is 4.97. The van der Waals surface area contributed by atoms with Crippen molar-refractivity contribution in [2.45, 2.75) is 13.3 Å². The molecule has 2 heterocycles. The van der Waals surface area contributed by atoms with Crippen molar-refractivity contribution in [1.82, 2.24) is 9.38 Å². The van der Waals surface area contributed by atoms with Gasteiger partial charge in [0.15, 0.2) is 5.69 Å². The van der Waals surface area contributed by atoms with Crippen LogP contribution in [0.5, 0.6) is 0 Å². The van der Waals surface area contributed by atoms with Crippen molar-refractivity contribution in [3.8, 4) is 0 Å². The molecule has 0 aromatic carbocycles. The molecule has 0 atom stereocenters. The Labute approximate surface area is 98.7 Å². The summed E-state index contributed by atoms with van der Waals surface area (Å²) in [5.41, 5.74) is 1.85. The molecule has 17 heavy (non-hydrogen) atoms. The lowest BCUT2D eigenvalue weighted by atomic mass is 10.2. The molecule has 0 unspecified atom stereocenters. The fraction of sp³-hybridized carbons (Fsp3) is 0.333. The van der Waals surface area contributed by atoms with E-state index in [9.17, 15) is 4.79 Å². The third-order valence-electron chi connectivity index (χ3n) is 2.53. The van der Waals surface area contributed by atoms with Crippen LogP contribution in [-0.4, -0.2) is 33.7 Å². The number of aromatic carboxylic acids is 1. The fourth-order valence-corrected chi connectivity index (χ4v) is 1.67. The third-order valence-corrected chi connectivity index (χ3v) is 2.53. The van der Waals surface area contributed by atoms with Crippen LogP contribution in [0.4, 0.5) is 0 Å². The highest BCUT2D eigenvalue weighted by Gasteiger charge is 2.10. The van der Waals surface area contributed by atoms with Crippen LogP contribution < -0.4 is 0 Å². The second-order valence-corrected chi connectivity index (χ2v) is 3.66. The van der Waals surface area contributed by atoms with Gasteiger partial charge in [-0.15, -0.1) is 0 Å².